The molecule has 84 valence electrons. The summed E-state index contributed by atoms with van der Waals surface area (Å²) in [6, 6.07) is 0.723. The molecule has 0 heterocycles. The van der Waals surface area contributed by atoms with Crippen LogP contribution in [0.5, 0.6) is 0 Å². The van der Waals surface area contributed by atoms with Gasteiger partial charge in [-0.3, -0.25) is 0 Å². The van der Waals surface area contributed by atoms with Gasteiger partial charge in [-0.2, -0.15) is 0 Å². The van der Waals surface area contributed by atoms with E-state index in [1.807, 2.05) is 0 Å². The molecule has 1 rings (SSSR count). The second-order valence-corrected chi connectivity index (χ2v) is 5.44. The van der Waals surface area contributed by atoms with Crippen molar-refractivity contribution >= 4 is 0 Å². The molecular weight excluding hydrogens is 170 g/mol. The fourth-order valence-electron chi connectivity index (χ4n) is 2.44. The fourth-order valence-corrected chi connectivity index (χ4v) is 2.44. The minimum absolute atomic E-state index is 0.723. The Morgan fingerprint density at radius 2 is 1.71 bits per heavy atom. The van der Waals surface area contributed by atoms with Crippen LogP contribution in [0.25, 0.3) is 0 Å². The highest BCUT2D eigenvalue weighted by molar-refractivity contribution is 4.72. The minimum atomic E-state index is 0.723. The second-order valence-electron chi connectivity index (χ2n) is 5.44. The van der Waals surface area contributed by atoms with Gasteiger partial charge in [0.15, 0.2) is 0 Å². The van der Waals surface area contributed by atoms with E-state index in [0.29, 0.717) is 0 Å². The van der Waals surface area contributed by atoms with Gasteiger partial charge in [0.25, 0.3) is 0 Å². The lowest BCUT2D eigenvalue weighted by molar-refractivity contribution is 0.301. The molecule has 0 aromatic rings. The third kappa shape index (κ3) is 4.99. The number of nitrogens with one attached hydrogen (secondary N) is 1. The van der Waals surface area contributed by atoms with Crippen molar-refractivity contribution in [2.24, 2.45) is 11.8 Å². The first kappa shape index (κ1) is 12.0. The third-order valence-corrected chi connectivity index (χ3v) is 3.29. The first-order valence-electron chi connectivity index (χ1n) is 6.42. The highest BCUT2D eigenvalue weighted by Crippen LogP contribution is 2.27. The van der Waals surface area contributed by atoms with E-state index in [1.54, 1.807) is 0 Å². The van der Waals surface area contributed by atoms with Gasteiger partial charge in [0.2, 0.25) is 0 Å². The molecule has 1 atom stereocenters. The Morgan fingerprint density at radius 3 is 2.29 bits per heavy atom. The quantitative estimate of drug-likeness (QED) is 0.710. The zero-order valence-corrected chi connectivity index (χ0v) is 10.2. The monoisotopic (exact) mass is 197 g/mol. The van der Waals surface area contributed by atoms with Gasteiger partial charge < -0.3 is 5.32 Å². The van der Waals surface area contributed by atoms with E-state index in [9.17, 15) is 0 Å². The molecule has 1 heteroatoms. The highest BCUT2D eigenvalue weighted by atomic mass is 14.9. The smallest absolute Gasteiger partial charge is 0.00414 e. The van der Waals surface area contributed by atoms with E-state index >= 15 is 0 Å². The summed E-state index contributed by atoms with van der Waals surface area (Å²) >= 11 is 0. The molecule has 1 fully saturated rings. The minimum Gasteiger partial charge on any atom is -0.314 e. The molecule has 1 aliphatic rings. The van der Waals surface area contributed by atoms with Gasteiger partial charge in [-0.15, -0.1) is 0 Å². The summed E-state index contributed by atoms with van der Waals surface area (Å²) in [4.78, 5) is 0. The molecule has 1 aliphatic carbocycles. The molecule has 0 spiro atoms. The van der Waals surface area contributed by atoms with Crippen LogP contribution in [0.4, 0.5) is 0 Å². The topological polar surface area (TPSA) is 12.0 Å². The van der Waals surface area contributed by atoms with Crippen molar-refractivity contribution in [1.29, 1.82) is 0 Å². The third-order valence-electron chi connectivity index (χ3n) is 3.29. The van der Waals surface area contributed by atoms with Crippen LogP contribution in [-0.4, -0.2) is 12.6 Å². The predicted octanol–water partition coefficient (Wildman–Crippen LogP) is 3.59. The SMILES string of the molecule is CC(C)CNC(C)CC1CCCCC1. The van der Waals surface area contributed by atoms with Crippen molar-refractivity contribution in [1.82, 2.24) is 5.32 Å². The zero-order chi connectivity index (χ0) is 10.4. The molecule has 0 amide bonds. The van der Waals surface area contributed by atoms with Crippen molar-refractivity contribution in [3.05, 3.63) is 0 Å². The molecule has 0 aromatic heterocycles. The summed E-state index contributed by atoms with van der Waals surface area (Å²) in [7, 11) is 0. The molecule has 0 radical (unpaired) electrons. The lowest BCUT2D eigenvalue weighted by Crippen LogP contribution is -2.31. The van der Waals surface area contributed by atoms with Crippen LogP contribution >= 0.6 is 0 Å². The maximum Gasteiger partial charge on any atom is 0.00414 e. The highest BCUT2D eigenvalue weighted by Gasteiger charge is 2.15. The molecule has 1 unspecified atom stereocenters. The lowest BCUT2D eigenvalue weighted by atomic mass is 9.85. The average molecular weight is 197 g/mol. The molecule has 0 saturated heterocycles. The van der Waals surface area contributed by atoms with Crippen LogP contribution in [0.3, 0.4) is 0 Å². The Labute approximate surface area is 89.7 Å². The van der Waals surface area contributed by atoms with Gasteiger partial charge in [-0.1, -0.05) is 46.0 Å². The molecular formula is C13H27N. The Balaban J connectivity index is 2.09. The number of hydrogen-bond donors (Lipinski definition) is 1. The summed E-state index contributed by atoms with van der Waals surface area (Å²) < 4.78 is 0. The molecule has 14 heavy (non-hydrogen) atoms. The van der Waals surface area contributed by atoms with Crippen LogP contribution < -0.4 is 5.32 Å². The largest absolute Gasteiger partial charge is 0.314 e. The maximum absolute atomic E-state index is 3.63. The Morgan fingerprint density at radius 1 is 1.07 bits per heavy atom. The van der Waals surface area contributed by atoms with Crippen LogP contribution in [-0.2, 0) is 0 Å². The Hall–Kier alpha value is -0.0400. The van der Waals surface area contributed by atoms with Crippen molar-refractivity contribution < 1.29 is 0 Å². The normalized spacial score (nSPS) is 21.4. The molecule has 1 N–H and O–H groups in total. The molecule has 0 bridgehead atoms. The first-order chi connectivity index (χ1) is 6.68. The molecule has 1 saturated carbocycles. The fraction of sp³-hybridized carbons (Fsp3) is 1.00. The summed E-state index contributed by atoms with van der Waals surface area (Å²) in [6.45, 7) is 8.07. The average Bonchev–Trinajstić information content (AvgIpc) is 2.16. The standard InChI is InChI=1S/C13H27N/c1-11(2)10-14-12(3)9-13-7-5-4-6-8-13/h11-14H,4-10H2,1-3H3. The van der Waals surface area contributed by atoms with Crippen LogP contribution in [0.15, 0.2) is 0 Å². The van der Waals surface area contributed by atoms with Gasteiger partial charge in [-0.05, 0) is 31.7 Å². The summed E-state index contributed by atoms with van der Waals surface area (Å²) in [6.07, 6.45) is 8.78. The zero-order valence-electron chi connectivity index (χ0n) is 10.2. The lowest BCUT2D eigenvalue weighted by Gasteiger charge is -2.25. The van der Waals surface area contributed by atoms with Gasteiger partial charge in [-0.25, -0.2) is 0 Å². The number of hydrogen-bond acceptors (Lipinski definition) is 1. The van der Waals surface area contributed by atoms with Crippen LogP contribution in [0, 0.1) is 11.8 Å². The Kier molecular flexibility index (Phi) is 5.54. The van der Waals surface area contributed by atoms with Gasteiger partial charge in [0.1, 0.15) is 0 Å². The van der Waals surface area contributed by atoms with E-state index in [0.717, 1.165) is 17.9 Å². The van der Waals surface area contributed by atoms with E-state index < -0.39 is 0 Å². The van der Waals surface area contributed by atoms with Gasteiger partial charge >= 0.3 is 0 Å². The summed E-state index contributed by atoms with van der Waals surface area (Å²) in [5, 5.41) is 3.63. The van der Waals surface area contributed by atoms with Gasteiger partial charge in [0.05, 0.1) is 0 Å². The van der Waals surface area contributed by atoms with Crippen molar-refractivity contribution in [2.45, 2.75) is 65.3 Å². The molecule has 0 aliphatic heterocycles. The second kappa shape index (κ2) is 6.44. The Bertz CT molecular complexity index is 136. The predicted molar refractivity (Wildman–Crippen MR) is 63.5 cm³/mol. The number of rotatable bonds is 5. The van der Waals surface area contributed by atoms with E-state index in [2.05, 4.69) is 26.1 Å². The first-order valence-corrected chi connectivity index (χ1v) is 6.42. The molecule has 1 nitrogen and oxygen atoms in total. The van der Waals surface area contributed by atoms with E-state index in [-0.39, 0.29) is 0 Å². The summed E-state index contributed by atoms with van der Waals surface area (Å²) in [5.41, 5.74) is 0. The van der Waals surface area contributed by atoms with E-state index in [1.165, 1.54) is 45.1 Å². The maximum atomic E-state index is 3.63. The van der Waals surface area contributed by atoms with Crippen LogP contribution in [0.2, 0.25) is 0 Å². The van der Waals surface area contributed by atoms with Gasteiger partial charge in [0, 0.05) is 6.04 Å². The van der Waals surface area contributed by atoms with E-state index in [4.69, 9.17) is 0 Å². The van der Waals surface area contributed by atoms with Crippen molar-refractivity contribution in [2.75, 3.05) is 6.54 Å². The van der Waals surface area contributed by atoms with Crippen molar-refractivity contribution in [3.8, 4) is 0 Å². The van der Waals surface area contributed by atoms with Crippen molar-refractivity contribution in [3.63, 3.8) is 0 Å². The summed E-state index contributed by atoms with van der Waals surface area (Å²) in [5.74, 6) is 1.79. The van der Waals surface area contributed by atoms with Crippen LogP contribution in [0.1, 0.15) is 59.3 Å². The molecule has 0 aromatic carbocycles.